The minimum Gasteiger partial charge on any atom is -0.451 e. The highest BCUT2D eigenvalue weighted by Crippen LogP contribution is 2.40. The zero-order valence-electron chi connectivity index (χ0n) is 16.6. The molecule has 2 amide bonds. The van der Waals surface area contributed by atoms with Crippen LogP contribution in [-0.4, -0.2) is 33.3 Å². The summed E-state index contributed by atoms with van der Waals surface area (Å²) in [6, 6.07) is 9.56. The topological polar surface area (TPSA) is 119 Å². The van der Waals surface area contributed by atoms with Crippen molar-refractivity contribution in [3.8, 4) is 0 Å². The van der Waals surface area contributed by atoms with Gasteiger partial charge in [-0.05, 0) is 31.9 Å². The first kappa shape index (κ1) is 18.9. The maximum absolute atomic E-state index is 12.9. The number of carbonyl (C=O) groups is 2. The van der Waals surface area contributed by atoms with Gasteiger partial charge in [0, 0.05) is 18.1 Å². The van der Waals surface area contributed by atoms with Crippen LogP contribution in [0.15, 0.2) is 67.7 Å². The number of aromatic nitrogens is 2. The Balaban J connectivity index is 1.53. The molecule has 1 aliphatic heterocycles. The van der Waals surface area contributed by atoms with Crippen LogP contribution in [-0.2, 0) is 4.79 Å². The van der Waals surface area contributed by atoms with Crippen molar-refractivity contribution in [1.82, 2.24) is 9.78 Å². The van der Waals surface area contributed by atoms with E-state index in [2.05, 4.69) is 27.0 Å². The number of hydrogen-bond donors (Lipinski definition) is 1. The molecule has 5 rings (SSSR count). The Labute approximate surface area is 175 Å². The molecule has 2 aromatic heterocycles. The molecular formula is C22H17N5O4. The Morgan fingerprint density at radius 2 is 1.97 bits per heavy atom. The average molecular weight is 415 g/mol. The molecule has 1 N–H and O–H groups in total. The van der Waals surface area contributed by atoms with E-state index < -0.39 is 11.8 Å². The molecule has 0 spiro atoms. The van der Waals surface area contributed by atoms with Crippen molar-refractivity contribution in [3.63, 3.8) is 0 Å². The predicted octanol–water partition coefficient (Wildman–Crippen LogP) is 2.88. The summed E-state index contributed by atoms with van der Waals surface area (Å²) in [5.74, 6) is -0.673. The molecule has 0 saturated heterocycles. The van der Waals surface area contributed by atoms with E-state index in [1.54, 1.807) is 37.3 Å². The van der Waals surface area contributed by atoms with Crippen LogP contribution in [0.2, 0.25) is 0 Å². The summed E-state index contributed by atoms with van der Waals surface area (Å²) >= 11 is 0. The molecule has 1 saturated carbocycles. The van der Waals surface area contributed by atoms with Gasteiger partial charge in [-0.15, -0.1) is 0 Å². The Kier molecular flexibility index (Phi) is 4.25. The fourth-order valence-corrected chi connectivity index (χ4v) is 3.26. The lowest BCUT2D eigenvalue weighted by Gasteiger charge is -2.12. The van der Waals surface area contributed by atoms with Crippen molar-refractivity contribution >= 4 is 40.3 Å². The van der Waals surface area contributed by atoms with Gasteiger partial charge in [0.1, 0.15) is 11.4 Å². The lowest BCUT2D eigenvalue weighted by molar-refractivity contribution is -0.113. The van der Waals surface area contributed by atoms with Crippen molar-refractivity contribution in [3.05, 3.63) is 70.2 Å². The van der Waals surface area contributed by atoms with Gasteiger partial charge in [-0.3, -0.25) is 14.4 Å². The highest BCUT2D eigenvalue weighted by Gasteiger charge is 2.30. The molecule has 0 radical (unpaired) electrons. The number of nitrogens with one attached hydrogen (secondary N) is 1. The molecule has 154 valence electrons. The highest BCUT2D eigenvalue weighted by atomic mass is 16.3. The number of anilines is 1. The molecule has 1 aliphatic carbocycles. The molecule has 9 nitrogen and oxygen atoms in total. The van der Waals surface area contributed by atoms with Crippen LogP contribution < -0.4 is 10.7 Å². The Morgan fingerprint density at radius 1 is 1.19 bits per heavy atom. The SMILES string of the molecule is C=C1C(=O)N=C(n2nc(C3CC3)cc2NC(=O)c2cc(=O)c3ccccc3o2)N=C1C. The van der Waals surface area contributed by atoms with Crippen LogP contribution >= 0.6 is 0 Å². The molecule has 0 bridgehead atoms. The summed E-state index contributed by atoms with van der Waals surface area (Å²) in [6.45, 7) is 5.32. The number of para-hydroxylation sites is 1. The minimum atomic E-state index is -0.626. The molecule has 3 aromatic rings. The first-order valence-corrected chi connectivity index (χ1v) is 9.73. The van der Waals surface area contributed by atoms with Gasteiger partial charge >= 0.3 is 0 Å². The highest BCUT2D eigenvalue weighted by molar-refractivity contribution is 6.28. The maximum atomic E-state index is 12.9. The number of carbonyl (C=O) groups excluding carboxylic acids is 2. The van der Waals surface area contributed by atoms with Gasteiger partial charge in [-0.25, -0.2) is 4.99 Å². The van der Waals surface area contributed by atoms with Crippen molar-refractivity contribution < 1.29 is 14.0 Å². The van der Waals surface area contributed by atoms with Gasteiger partial charge in [0.2, 0.25) is 0 Å². The van der Waals surface area contributed by atoms with E-state index in [0.29, 0.717) is 16.7 Å². The molecule has 2 aliphatic rings. The van der Waals surface area contributed by atoms with Gasteiger partial charge in [0.15, 0.2) is 11.2 Å². The van der Waals surface area contributed by atoms with Crippen molar-refractivity contribution in [2.45, 2.75) is 25.7 Å². The monoisotopic (exact) mass is 415 g/mol. The molecule has 1 aromatic carbocycles. The van der Waals surface area contributed by atoms with Crippen LogP contribution in [0.25, 0.3) is 11.0 Å². The van der Waals surface area contributed by atoms with E-state index in [1.807, 2.05) is 0 Å². The number of aliphatic imine (C=N–C) groups is 2. The normalized spacial score (nSPS) is 16.3. The zero-order valence-corrected chi connectivity index (χ0v) is 16.6. The van der Waals surface area contributed by atoms with E-state index in [0.717, 1.165) is 24.6 Å². The van der Waals surface area contributed by atoms with E-state index in [-0.39, 0.29) is 34.5 Å². The standard InChI is InChI=1S/C22H17N5O4/c1-11-12(2)23-22(25-20(11)29)27-19(9-15(26-27)13-7-8-13)24-21(30)18-10-16(28)14-5-3-4-6-17(14)31-18/h3-6,9-10,13H,1,7-8H2,2H3,(H,24,30). The zero-order chi connectivity index (χ0) is 21.7. The molecule has 0 atom stereocenters. The van der Waals surface area contributed by atoms with Gasteiger partial charge in [0.05, 0.1) is 22.4 Å². The molecule has 3 heterocycles. The molecule has 31 heavy (non-hydrogen) atoms. The molecule has 0 unspecified atom stereocenters. The number of amides is 2. The van der Waals surface area contributed by atoms with Crippen molar-refractivity contribution in [1.29, 1.82) is 0 Å². The number of rotatable bonds is 3. The fourth-order valence-electron chi connectivity index (χ4n) is 3.26. The first-order valence-electron chi connectivity index (χ1n) is 9.73. The summed E-state index contributed by atoms with van der Waals surface area (Å²) in [5.41, 5.74) is 1.40. The lowest BCUT2D eigenvalue weighted by atomic mass is 10.2. The third kappa shape index (κ3) is 3.39. The predicted molar refractivity (Wildman–Crippen MR) is 115 cm³/mol. The summed E-state index contributed by atoms with van der Waals surface area (Å²) < 4.78 is 6.93. The number of nitrogens with zero attached hydrogens (tertiary/aromatic N) is 4. The first-order chi connectivity index (χ1) is 14.9. The Morgan fingerprint density at radius 3 is 2.71 bits per heavy atom. The Bertz CT molecular complexity index is 1400. The fraction of sp³-hybridized carbons (Fsp3) is 0.182. The number of fused-ring (bicyclic) bond motifs is 1. The van der Waals surface area contributed by atoms with Crippen LogP contribution in [0.5, 0.6) is 0 Å². The van der Waals surface area contributed by atoms with E-state index in [1.165, 1.54) is 4.68 Å². The minimum absolute atomic E-state index is 0.0389. The van der Waals surface area contributed by atoms with Gasteiger partial charge in [-0.1, -0.05) is 18.7 Å². The molecule has 9 heteroatoms. The summed E-state index contributed by atoms with van der Waals surface area (Å²) in [4.78, 5) is 45.6. The van der Waals surface area contributed by atoms with E-state index in [4.69, 9.17) is 4.42 Å². The average Bonchev–Trinajstić information content (AvgIpc) is 3.52. The summed E-state index contributed by atoms with van der Waals surface area (Å²) in [5, 5.41) is 7.59. The Hall–Kier alpha value is -4.14. The third-order valence-corrected chi connectivity index (χ3v) is 5.18. The molecular weight excluding hydrogens is 398 g/mol. The second-order valence-electron chi connectivity index (χ2n) is 7.46. The van der Waals surface area contributed by atoms with E-state index in [9.17, 15) is 14.4 Å². The van der Waals surface area contributed by atoms with Gasteiger partial charge < -0.3 is 9.73 Å². The van der Waals surface area contributed by atoms with Crippen LogP contribution in [0.1, 0.15) is 41.9 Å². The van der Waals surface area contributed by atoms with Crippen LogP contribution in [0.4, 0.5) is 5.82 Å². The second kappa shape index (κ2) is 6.98. The second-order valence-corrected chi connectivity index (χ2v) is 7.46. The van der Waals surface area contributed by atoms with Crippen LogP contribution in [0.3, 0.4) is 0 Å². The van der Waals surface area contributed by atoms with Gasteiger partial charge in [0.25, 0.3) is 17.8 Å². The summed E-state index contributed by atoms with van der Waals surface area (Å²) in [6.07, 6.45) is 1.99. The van der Waals surface area contributed by atoms with Crippen molar-refractivity contribution in [2.24, 2.45) is 9.98 Å². The molecule has 1 fully saturated rings. The smallest absolute Gasteiger partial charge is 0.292 e. The summed E-state index contributed by atoms with van der Waals surface area (Å²) in [7, 11) is 0. The number of benzene rings is 1. The van der Waals surface area contributed by atoms with Crippen molar-refractivity contribution in [2.75, 3.05) is 5.32 Å². The quantitative estimate of drug-likeness (QED) is 0.660. The number of hydrogen-bond acceptors (Lipinski definition) is 6. The largest absolute Gasteiger partial charge is 0.451 e. The van der Waals surface area contributed by atoms with Gasteiger partial charge in [-0.2, -0.15) is 14.8 Å². The lowest BCUT2D eigenvalue weighted by Crippen LogP contribution is -2.25. The maximum Gasteiger partial charge on any atom is 0.292 e. The van der Waals surface area contributed by atoms with Crippen LogP contribution in [0, 0.1) is 0 Å². The van der Waals surface area contributed by atoms with E-state index >= 15 is 0 Å². The third-order valence-electron chi connectivity index (χ3n) is 5.18.